The number of fused-ring (bicyclic) bond motifs is 1. The van der Waals surface area contributed by atoms with E-state index in [2.05, 4.69) is 22.4 Å². The zero-order chi connectivity index (χ0) is 18.4. The summed E-state index contributed by atoms with van der Waals surface area (Å²) in [4.78, 5) is 17.1. The summed E-state index contributed by atoms with van der Waals surface area (Å²) in [5.41, 5.74) is 2.71. The molecular formula is C21H23FN2O2. The predicted octanol–water partition coefficient (Wildman–Crippen LogP) is 4.42. The summed E-state index contributed by atoms with van der Waals surface area (Å²) >= 11 is 0. The lowest BCUT2D eigenvalue weighted by Crippen LogP contribution is -2.33. The van der Waals surface area contributed by atoms with Crippen LogP contribution in [0.15, 0.2) is 53.5 Å². The molecule has 0 aliphatic heterocycles. The third-order valence-corrected chi connectivity index (χ3v) is 4.36. The molecule has 0 bridgehead atoms. The number of hydrogen-bond acceptors (Lipinski definition) is 3. The second-order valence-electron chi connectivity index (χ2n) is 6.35. The maximum Gasteiger partial charge on any atom is 0.292 e. The van der Waals surface area contributed by atoms with Gasteiger partial charge in [0.25, 0.3) is 11.9 Å². The van der Waals surface area contributed by atoms with Gasteiger partial charge in [0, 0.05) is 5.56 Å². The zero-order valence-electron chi connectivity index (χ0n) is 14.9. The maximum atomic E-state index is 13.4. The van der Waals surface area contributed by atoms with Crippen LogP contribution in [0.4, 0.5) is 4.39 Å². The number of amidine groups is 1. The highest BCUT2D eigenvalue weighted by molar-refractivity contribution is 6.04. The minimum atomic E-state index is -0.452. The fourth-order valence-electron chi connectivity index (χ4n) is 3.11. The van der Waals surface area contributed by atoms with Gasteiger partial charge in [0.05, 0.1) is 12.6 Å². The minimum absolute atomic E-state index is 0.0420. The van der Waals surface area contributed by atoms with E-state index in [9.17, 15) is 9.18 Å². The Bertz CT molecular complexity index is 804. The fraction of sp³-hybridized carbons (Fsp3) is 0.333. The summed E-state index contributed by atoms with van der Waals surface area (Å²) in [6, 6.07) is 14.0. The molecule has 2 aromatic carbocycles. The minimum Gasteiger partial charge on any atom is -0.465 e. The molecule has 3 rings (SSSR count). The van der Waals surface area contributed by atoms with Crippen LogP contribution >= 0.6 is 0 Å². The molecule has 1 atom stereocenters. The van der Waals surface area contributed by atoms with Crippen molar-refractivity contribution in [2.75, 3.05) is 6.61 Å². The maximum absolute atomic E-state index is 13.4. The van der Waals surface area contributed by atoms with Crippen molar-refractivity contribution in [3.05, 3.63) is 71.0 Å². The number of carbonyl (C=O) groups excluding carboxylic acids is 1. The van der Waals surface area contributed by atoms with Crippen molar-refractivity contribution in [3.8, 4) is 0 Å². The molecule has 5 heteroatoms. The fourth-order valence-corrected chi connectivity index (χ4v) is 3.11. The van der Waals surface area contributed by atoms with Gasteiger partial charge in [-0.25, -0.2) is 9.38 Å². The Morgan fingerprint density at radius 1 is 1.27 bits per heavy atom. The van der Waals surface area contributed by atoms with Crippen molar-refractivity contribution in [1.29, 1.82) is 0 Å². The van der Waals surface area contributed by atoms with Gasteiger partial charge < -0.3 is 4.74 Å². The molecule has 0 heterocycles. The molecule has 136 valence electrons. The third kappa shape index (κ3) is 4.48. The summed E-state index contributed by atoms with van der Waals surface area (Å²) in [6.45, 7) is 2.44. The lowest BCUT2D eigenvalue weighted by atomic mass is 9.88. The first-order valence-corrected chi connectivity index (χ1v) is 9.02. The summed E-state index contributed by atoms with van der Waals surface area (Å²) < 4.78 is 19.0. The molecule has 1 N–H and O–H groups in total. The van der Waals surface area contributed by atoms with E-state index in [-0.39, 0.29) is 17.6 Å². The van der Waals surface area contributed by atoms with E-state index in [4.69, 9.17) is 4.74 Å². The topological polar surface area (TPSA) is 50.7 Å². The van der Waals surface area contributed by atoms with Crippen molar-refractivity contribution < 1.29 is 13.9 Å². The number of amides is 1. The highest BCUT2D eigenvalue weighted by Gasteiger charge is 2.21. The second-order valence-corrected chi connectivity index (χ2v) is 6.35. The van der Waals surface area contributed by atoms with Crippen LogP contribution in [-0.2, 0) is 11.2 Å². The molecule has 2 aromatic rings. The van der Waals surface area contributed by atoms with E-state index in [0.717, 1.165) is 25.7 Å². The molecule has 4 nitrogen and oxygen atoms in total. The largest absolute Gasteiger partial charge is 0.465 e. The van der Waals surface area contributed by atoms with Gasteiger partial charge in [0.15, 0.2) is 0 Å². The highest BCUT2D eigenvalue weighted by Crippen LogP contribution is 2.32. The Morgan fingerprint density at radius 3 is 2.92 bits per heavy atom. The average Bonchev–Trinajstić information content (AvgIpc) is 2.66. The van der Waals surface area contributed by atoms with Gasteiger partial charge in [0.2, 0.25) is 0 Å². The molecule has 0 aromatic heterocycles. The molecule has 1 amide bonds. The number of rotatable bonds is 4. The zero-order valence-corrected chi connectivity index (χ0v) is 14.9. The van der Waals surface area contributed by atoms with E-state index in [1.54, 1.807) is 6.07 Å². The van der Waals surface area contributed by atoms with Crippen molar-refractivity contribution in [2.24, 2.45) is 4.99 Å². The number of nitrogens with one attached hydrogen (secondary N) is 1. The van der Waals surface area contributed by atoms with E-state index >= 15 is 0 Å². The average molecular weight is 354 g/mol. The van der Waals surface area contributed by atoms with Gasteiger partial charge in [-0.2, -0.15) is 0 Å². The van der Waals surface area contributed by atoms with Crippen molar-refractivity contribution in [3.63, 3.8) is 0 Å². The first-order chi connectivity index (χ1) is 12.7. The van der Waals surface area contributed by atoms with Crippen LogP contribution in [0.3, 0.4) is 0 Å². The molecule has 0 radical (unpaired) electrons. The number of carbonyl (C=O) groups is 1. The third-order valence-electron chi connectivity index (χ3n) is 4.36. The van der Waals surface area contributed by atoms with Gasteiger partial charge in [0.1, 0.15) is 5.82 Å². The Kier molecular flexibility index (Phi) is 6.00. The standard InChI is InChI=1S/C21H23FN2O2/c1-2-13-26-21(24-20(25)16-9-5-10-17(22)14-16)23-19-12-6-8-15-7-3-4-11-18(15)19/h3-5,7,9-11,14,19H,2,6,8,12-13H2,1H3,(H,23,24,25)/t19-/m1/s1. The molecule has 0 saturated heterocycles. The van der Waals surface area contributed by atoms with Gasteiger partial charge in [-0.1, -0.05) is 37.3 Å². The van der Waals surface area contributed by atoms with Crippen LogP contribution in [-0.4, -0.2) is 18.5 Å². The van der Waals surface area contributed by atoms with Gasteiger partial charge >= 0.3 is 0 Å². The Labute approximate surface area is 153 Å². The molecule has 26 heavy (non-hydrogen) atoms. The van der Waals surface area contributed by atoms with E-state index in [0.29, 0.717) is 6.61 Å². The Morgan fingerprint density at radius 2 is 2.12 bits per heavy atom. The lowest BCUT2D eigenvalue weighted by Gasteiger charge is -2.23. The molecule has 0 spiro atoms. The number of ether oxygens (including phenoxy) is 1. The highest BCUT2D eigenvalue weighted by atomic mass is 19.1. The molecule has 0 saturated carbocycles. The van der Waals surface area contributed by atoms with Crippen LogP contribution in [0.2, 0.25) is 0 Å². The van der Waals surface area contributed by atoms with Crippen LogP contribution in [0.25, 0.3) is 0 Å². The number of aryl methyl sites for hydroxylation is 1. The molecular weight excluding hydrogens is 331 g/mol. The molecule has 0 fully saturated rings. The molecule has 1 aliphatic carbocycles. The van der Waals surface area contributed by atoms with E-state index in [1.807, 2.05) is 19.1 Å². The number of aliphatic imine (C=N–C) groups is 1. The quantitative estimate of drug-likeness (QED) is 0.653. The monoisotopic (exact) mass is 354 g/mol. The molecule has 0 unspecified atom stereocenters. The Balaban J connectivity index is 1.82. The molecule has 1 aliphatic rings. The van der Waals surface area contributed by atoms with Crippen LogP contribution < -0.4 is 5.32 Å². The van der Waals surface area contributed by atoms with Crippen molar-refractivity contribution >= 4 is 11.9 Å². The first-order valence-electron chi connectivity index (χ1n) is 9.02. The van der Waals surface area contributed by atoms with Crippen molar-refractivity contribution in [1.82, 2.24) is 5.32 Å². The summed E-state index contributed by atoms with van der Waals surface area (Å²) in [7, 11) is 0. The summed E-state index contributed by atoms with van der Waals surface area (Å²) in [5.74, 6) is -0.879. The van der Waals surface area contributed by atoms with E-state index in [1.165, 1.54) is 29.3 Å². The van der Waals surface area contributed by atoms with Gasteiger partial charge in [-0.05, 0) is 55.0 Å². The van der Waals surface area contributed by atoms with Gasteiger partial charge in [-0.15, -0.1) is 0 Å². The summed E-state index contributed by atoms with van der Waals surface area (Å²) in [5, 5.41) is 2.70. The Hall–Kier alpha value is -2.69. The van der Waals surface area contributed by atoms with E-state index < -0.39 is 11.7 Å². The smallest absolute Gasteiger partial charge is 0.292 e. The predicted molar refractivity (Wildman–Crippen MR) is 99.7 cm³/mol. The lowest BCUT2D eigenvalue weighted by molar-refractivity contribution is 0.0964. The normalized spacial score (nSPS) is 16.7. The van der Waals surface area contributed by atoms with Gasteiger partial charge in [-0.3, -0.25) is 10.1 Å². The van der Waals surface area contributed by atoms with Crippen LogP contribution in [0.1, 0.15) is 53.7 Å². The number of hydrogen-bond donors (Lipinski definition) is 1. The van der Waals surface area contributed by atoms with Crippen LogP contribution in [0, 0.1) is 5.82 Å². The first kappa shape index (κ1) is 18.1. The SMILES string of the molecule is CCCOC(=N[C@@H]1CCCc2ccccc21)NC(=O)c1cccc(F)c1. The summed E-state index contributed by atoms with van der Waals surface area (Å²) in [6.07, 6.45) is 3.80. The second kappa shape index (κ2) is 8.61. The van der Waals surface area contributed by atoms with Crippen LogP contribution in [0.5, 0.6) is 0 Å². The number of benzene rings is 2. The number of nitrogens with zero attached hydrogens (tertiary/aromatic N) is 1. The van der Waals surface area contributed by atoms with Crippen molar-refractivity contribution in [2.45, 2.75) is 38.6 Å². The number of halogens is 1.